The van der Waals surface area contributed by atoms with Crippen LogP contribution in [0.15, 0.2) is 42.5 Å². The molecule has 0 aliphatic heterocycles. The van der Waals surface area contributed by atoms with E-state index in [1.807, 2.05) is 6.92 Å². The van der Waals surface area contributed by atoms with Gasteiger partial charge in [-0.15, -0.1) is 0 Å². The molecule has 0 aliphatic carbocycles. The summed E-state index contributed by atoms with van der Waals surface area (Å²) in [7, 11) is 0. The van der Waals surface area contributed by atoms with Gasteiger partial charge in [0.1, 0.15) is 5.82 Å². The summed E-state index contributed by atoms with van der Waals surface area (Å²) >= 11 is 5.67. The monoisotopic (exact) mass is 334 g/mol. The summed E-state index contributed by atoms with van der Waals surface area (Å²) in [5.41, 5.74) is 1.27. The highest BCUT2D eigenvalue weighted by Gasteiger charge is 2.10. The second kappa shape index (κ2) is 7.74. The molecule has 0 heterocycles. The van der Waals surface area contributed by atoms with Gasteiger partial charge in [0, 0.05) is 23.4 Å². The maximum Gasteiger partial charge on any atom is 0.255 e. The Labute approximate surface area is 138 Å². The van der Waals surface area contributed by atoms with Crippen molar-refractivity contribution >= 4 is 29.1 Å². The van der Waals surface area contributed by atoms with E-state index in [0.717, 1.165) is 6.42 Å². The fourth-order valence-electron chi connectivity index (χ4n) is 1.89. The van der Waals surface area contributed by atoms with Crippen LogP contribution in [0, 0.1) is 5.82 Å². The second-order valence-electron chi connectivity index (χ2n) is 4.92. The maximum absolute atomic E-state index is 13.1. The summed E-state index contributed by atoms with van der Waals surface area (Å²) in [6, 6.07) is 10.2. The first-order valence-corrected chi connectivity index (χ1v) is 7.53. The summed E-state index contributed by atoms with van der Waals surface area (Å²) in [6.45, 7) is 2.57. The Kier molecular flexibility index (Phi) is 5.71. The summed E-state index contributed by atoms with van der Waals surface area (Å²) < 4.78 is 13.1. The molecule has 6 heteroatoms. The lowest BCUT2D eigenvalue weighted by atomic mass is 10.1. The number of amides is 2. The van der Waals surface area contributed by atoms with Gasteiger partial charge in [-0.3, -0.25) is 9.59 Å². The van der Waals surface area contributed by atoms with Crippen molar-refractivity contribution in [3.8, 4) is 0 Å². The molecule has 0 fully saturated rings. The number of hydrogen-bond donors (Lipinski definition) is 2. The Morgan fingerprint density at radius 2 is 1.65 bits per heavy atom. The lowest BCUT2D eigenvalue weighted by Gasteiger charge is -2.07. The van der Waals surface area contributed by atoms with Crippen LogP contribution >= 0.6 is 11.6 Å². The van der Waals surface area contributed by atoms with Gasteiger partial charge in [0.25, 0.3) is 11.8 Å². The molecule has 0 aliphatic rings. The Morgan fingerprint density at radius 1 is 1.04 bits per heavy atom. The molecule has 0 spiro atoms. The summed E-state index contributed by atoms with van der Waals surface area (Å²) in [4.78, 5) is 23.9. The van der Waals surface area contributed by atoms with Gasteiger partial charge >= 0.3 is 0 Å². The van der Waals surface area contributed by atoms with Gasteiger partial charge in [0.2, 0.25) is 0 Å². The molecule has 2 aromatic rings. The molecular weight excluding hydrogens is 319 g/mol. The van der Waals surface area contributed by atoms with Crippen LogP contribution in [-0.2, 0) is 0 Å². The molecule has 0 aromatic heterocycles. The van der Waals surface area contributed by atoms with Crippen molar-refractivity contribution in [3.63, 3.8) is 0 Å². The zero-order chi connectivity index (χ0) is 16.8. The Hall–Kier alpha value is -2.40. The SMILES string of the molecule is CCCNC(=O)c1ccc(C(=O)Nc2ccc(F)c(Cl)c2)cc1. The van der Waals surface area contributed by atoms with Crippen LogP contribution < -0.4 is 10.6 Å². The molecule has 0 saturated carbocycles. The second-order valence-corrected chi connectivity index (χ2v) is 5.32. The van der Waals surface area contributed by atoms with Gasteiger partial charge in [0.15, 0.2) is 0 Å². The maximum atomic E-state index is 13.1. The fraction of sp³-hybridized carbons (Fsp3) is 0.176. The smallest absolute Gasteiger partial charge is 0.255 e. The Balaban J connectivity index is 2.05. The van der Waals surface area contributed by atoms with E-state index in [1.54, 1.807) is 24.3 Å². The van der Waals surface area contributed by atoms with Gasteiger partial charge in [-0.2, -0.15) is 0 Å². The molecule has 2 N–H and O–H groups in total. The van der Waals surface area contributed by atoms with Crippen LogP contribution in [0.3, 0.4) is 0 Å². The van der Waals surface area contributed by atoms with Crippen LogP contribution in [0.25, 0.3) is 0 Å². The van der Waals surface area contributed by atoms with Gasteiger partial charge in [0.05, 0.1) is 5.02 Å². The van der Waals surface area contributed by atoms with Gasteiger partial charge in [-0.1, -0.05) is 18.5 Å². The molecule has 0 saturated heterocycles. The van der Waals surface area contributed by atoms with Gasteiger partial charge < -0.3 is 10.6 Å². The van der Waals surface area contributed by atoms with Crippen molar-refractivity contribution in [1.29, 1.82) is 0 Å². The van der Waals surface area contributed by atoms with E-state index in [1.165, 1.54) is 18.2 Å². The first kappa shape index (κ1) is 17.0. The highest BCUT2D eigenvalue weighted by atomic mass is 35.5. The zero-order valence-corrected chi connectivity index (χ0v) is 13.3. The average Bonchev–Trinajstić information content (AvgIpc) is 2.56. The number of rotatable bonds is 5. The number of carbonyl (C=O) groups is 2. The molecule has 0 atom stereocenters. The van der Waals surface area contributed by atoms with Crippen LogP contribution in [0.2, 0.25) is 5.02 Å². The first-order chi connectivity index (χ1) is 11.0. The third-order valence-electron chi connectivity index (χ3n) is 3.12. The standard InChI is InChI=1S/C17H16ClFN2O2/c1-2-9-20-16(22)11-3-5-12(6-4-11)17(23)21-13-7-8-15(19)14(18)10-13/h3-8,10H,2,9H2,1H3,(H,20,22)(H,21,23). The fourth-order valence-corrected chi connectivity index (χ4v) is 2.07. The van der Waals surface area contributed by atoms with E-state index >= 15 is 0 Å². The minimum Gasteiger partial charge on any atom is -0.352 e. The van der Waals surface area contributed by atoms with E-state index in [2.05, 4.69) is 10.6 Å². The predicted molar refractivity (Wildman–Crippen MR) is 88.4 cm³/mol. The molecule has 2 amide bonds. The number of hydrogen-bond acceptors (Lipinski definition) is 2. The third-order valence-corrected chi connectivity index (χ3v) is 3.41. The van der Waals surface area contributed by atoms with Crippen molar-refractivity contribution in [3.05, 3.63) is 64.4 Å². The number of anilines is 1. The van der Waals surface area contributed by atoms with Crippen molar-refractivity contribution in [2.45, 2.75) is 13.3 Å². The number of nitrogens with one attached hydrogen (secondary N) is 2. The number of carbonyl (C=O) groups excluding carboxylic acids is 2. The molecule has 0 bridgehead atoms. The minimum absolute atomic E-state index is 0.0641. The summed E-state index contributed by atoms with van der Waals surface area (Å²) in [6.07, 6.45) is 0.854. The van der Waals surface area contributed by atoms with E-state index < -0.39 is 5.82 Å². The van der Waals surface area contributed by atoms with Crippen molar-refractivity contribution < 1.29 is 14.0 Å². The van der Waals surface area contributed by atoms with Crippen LogP contribution in [0.1, 0.15) is 34.1 Å². The third kappa shape index (κ3) is 4.53. The largest absolute Gasteiger partial charge is 0.352 e. The molecule has 120 valence electrons. The number of benzene rings is 2. The zero-order valence-electron chi connectivity index (χ0n) is 12.5. The quantitative estimate of drug-likeness (QED) is 0.872. The Bertz CT molecular complexity index is 717. The topological polar surface area (TPSA) is 58.2 Å². The molecule has 2 aromatic carbocycles. The van der Waals surface area contributed by atoms with Crippen molar-refractivity contribution in [2.75, 3.05) is 11.9 Å². The summed E-state index contributed by atoms with van der Waals surface area (Å²) in [5.74, 6) is -1.09. The lowest BCUT2D eigenvalue weighted by molar-refractivity contribution is 0.0951. The van der Waals surface area contributed by atoms with Crippen LogP contribution in [0.4, 0.5) is 10.1 Å². The predicted octanol–water partition coefficient (Wildman–Crippen LogP) is 3.87. The molecule has 4 nitrogen and oxygen atoms in total. The molecule has 0 radical (unpaired) electrons. The van der Waals surface area contributed by atoms with E-state index in [-0.39, 0.29) is 16.8 Å². The Morgan fingerprint density at radius 3 is 2.22 bits per heavy atom. The normalized spacial score (nSPS) is 10.2. The van der Waals surface area contributed by atoms with E-state index in [9.17, 15) is 14.0 Å². The molecule has 23 heavy (non-hydrogen) atoms. The van der Waals surface area contributed by atoms with Crippen molar-refractivity contribution in [2.24, 2.45) is 0 Å². The molecular formula is C17H16ClFN2O2. The molecule has 0 unspecified atom stereocenters. The highest BCUT2D eigenvalue weighted by molar-refractivity contribution is 6.31. The van der Waals surface area contributed by atoms with Crippen molar-refractivity contribution in [1.82, 2.24) is 5.32 Å². The van der Waals surface area contributed by atoms with Gasteiger partial charge in [-0.25, -0.2) is 4.39 Å². The lowest BCUT2D eigenvalue weighted by Crippen LogP contribution is -2.24. The minimum atomic E-state index is -0.549. The molecule has 2 rings (SSSR count). The van der Waals surface area contributed by atoms with E-state index in [0.29, 0.717) is 23.4 Å². The number of halogens is 2. The highest BCUT2D eigenvalue weighted by Crippen LogP contribution is 2.20. The van der Waals surface area contributed by atoms with Crippen LogP contribution in [-0.4, -0.2) is 18.4 Å². The van der Waals surface area contributed by atoms with Gasteiger partial charge in [-0.05, 0) is 48.9 Å². The summed E-state index contributed by atoms with van der Waals surface area (Å²) in [5, 5.41) is 5.31. The first-order valence-electron chi connectivity index (χ1n) is 7.16. The average molecular weight is 335 g/mol. The van der Waals surface area contributed by atoms with Crippen LogP contribution in [0.5, 0.6) is 0 Å². The van der Waals surface area contributed by atoms with E-state index in [4.69, 9.17) is 11.6 Å².